The topological polar surface area (TPSA) is 7.94 Å². The van der Waals surface area contributed by atoms with Gasteiger partial charge in [0.2, 0.25) is 0 Å². The lowest BCUT2D eigenvalue weighted by Crippen LogP contribution is -2.51. The van der Waals surface area contributed by atoms with Crippen molar-refractivity contribution in [3.8, 4) is 0 Å². The number of allylic oxidation sites excluding steroid dienone is 2. The molecule has 0 atom stereocenters. The Balaban J connectivity index is 2.19. The Hall–Kier alpha value is -2.64. The molecule has 2 aromatic rings. The predicted molar refractivity (Wildman–Crippen MR) is 94.3 cm³/mol. The predicted octanol–water partition coefficient (Wildman–Crippen LogP) is 4.95. The minimum absolute atomic E-state index is 0.0163. The van der Waals surface area contributed by atoms with Crippen molar-refractivity contribution < 1.29 is 26.3 Å². The third kappa shape index (κ3) is 2.22. The highest BCUT2D eigenvalue weighted by atomic mass is 19.2. The molecule has 1 aromatic heterocycles. The van der Waals surface area contributed by atoms with E-state index in [-0.39, 0.29) is 22.5 Å². The number of fused-ring (bicyclic) bond motifs is 2. The normalized spacial score (nSPS) is 18.0. The van der Waals surface area contributed by atoms with Crippen LogP contribution in [0.25, 0.3) is 5.57 Å². The number of hydrogen-bond acceptors (Lipinski definition) is 0. The Morgan fingerprint density at radius 3 is 2.11 bits per heavy atom. The number of halogens is 5. The van der Waals surface area contributed by atoms with Gasteiger partial charge in [-0.2, -0.15) is 0 Å². The summed E-state index contributed by atoms with van der Waals surface area (Å²) in [6.07, 6.45) is 1.61. The van der Waals surface area contributed by atoms with Gasteiger partial charge in [-0.1, -0.05) is 0 Å². The van der Waals surface area contributed by atoms with Crippen molar-refractivity contribution in [1.82, 2.24) is 4.48 Å². The van der Waals surface area contributed by atoms with Gasteiger partial charge in [0.25, 0.3) is 0 Å². The molecule has 0 saturated heterocycles. The summed E-state index contributed by atoms with van der Waals surface area (Å²) in [6, 6.07) is 3.31. The molecule has 0 radical (unpaired) electrons. The molecule has 0 unspecified atom stereocenters. The van der Waals surface area contributed by atoms with Crippen molar-refractivity contribution in [2.45, 2.75) is 27.7 Å². The Morgan fingerprint density at radius 2 is 1.52 bits per heavy atom. The smallest absolute Gasteiger partial charge is 0.393 e. The van der Waals surface area contributed by atoms with Crippen LogP contribution in [-0.2, 0) is 0 Å². The molecular formula is C19H16BF5N2. The van der Waals surface area contributed by atoms with Crippen LogP contribution < -0.4 is 0 Å². The van der Waals surface area contributed by atoms with Gasteiger partial charge in [-0.15, -0.1) is 0 Å². The van der Waals surface area contributed by atoms with Crippen molar-refractivity contribution in [2.75, 3.05) is 0 Å². The van der Waals surface area contributed by atoms with E-state index < -0.39 is 24.4 Å². The maximum Gasteiger partial charge on any atom is 0.737 e. The third-order valence-electron chi connectivity index (χ3n) is 5.21. The van der Waals surface area contributed by atoms with Crippen LogP contribution in [0.2, 0.25) is 0 Å². The molecule has 27 heavy (non-hydrogen) atoms. The zero-order chi connectivity index (χ0) is 19.8. The molecule has 3 heterocycles. The molecule has 0 bridgehead atoms. The van der Waals surface area contributed by atoms with E-state index in [0.717, 1.165) is 21.1 Å². The Labute approximate surface area is 153 Å². The maximum absolute atomic E-state index is 15.4. The minimum Gasteiger partial charge on any atom is -0.393 e. The van der Waals surface area contributed by atoms with Gasteiger partial charge in [0.15, 0.2) is 23.1 Å². The van der Waals surface area contributed by atoms with Crippen LogP contribution in [0.15, 0.2) is 35.5 Å². The first-order chi connectivity index (χ1) is 12.6. The van der Waals surface area contributed by atoms with Gasteiger partial charge in [0.1, 0.15) is 5.71 Å². The first-order valence-corrected chi connectivity index (χ1v) is 8.47. The second-order valence-electron chi connectivity index (χ2n) is 7.09. The number of hydrogen-bond donors (Lipinski definition) is 0. The summed E-state index contributed by atoms with van der Waals surface area (Å²) in [6.45, 7) is 2.28. The SMILES string of the molecule is CC1=CC(C)=[N+]2C1=C(c1cc(F)c(F)c(F)c1)c1c(C)cc(C)n1[B-]2(F)F. The van der Waals surface area contributed by atoms with Crippen molar-refractivity contribution in [1.29, 1.82) is 0 Å². The fourth-order valence-electron chi connectivity index (χ4n) is 4.27. The van der Waals surface area contributed by atoms with Crippen LogP contribution >= 0.6 is 0 Å². The second kappa shape index (κ2) is 5.44. The molecule has 2 nitrogen and oxygen atoms in total. The van der Waals surface area contributed by atoms with Crippen LogP contribution in [0, 0.1) is 31.3 Å². The average molecular weight is 378 g/mol. The van der Waals surface area contributed by atoms with E-state index in [1.54, 1.807) is 39.8 Å². The Morgan fingerprint density at radius 1 is 0.926 bits per heavy atom. The molecule has 1 aromatic carbocycles. The highest BCUT2D eigenvalue weighted by Gasteiger charge is 2.55. The van der Waals surface area contributed by atoms with E-state index in [1.807, 2.05) is 0 Å². The molecule has 0 spiro atoms. The molecule has 0 aliphatic carbocycles. The number of aryl methyl sites for hydroxylation is 2. The highest BCUT2D eigenvalue weighted by molar-refractivity contribution is 6.58. The van der Waals surface area contributed by atoms with Crippen molar-refractivity contribution in [2.24, 2.45) is 0 Å². The lowest BCUT2D eigenvalue weighted by atomic mass is 9.84. The van der Waals surface area contributed by atoms with E-state index >= 15 is 8.63 Å². The maximum atomic E-state index is 15.4. The molecule has 2 aliphatic rings. The monoisotopic (exact) mass is 378 g/mol. The summed E-state index contributed by atoms with van der Waals surface area (Å²) in [4.78, 5) is 0. The third-order valence-corrected chi connectivity index (χ3v) is 5.21. The zero-order valence-corrected chi connectivity index (χ0v) is 15.2. The number of benzene rings is 1. The lowest BCUT2D eigenvalue weighted by molar-refractivity contribution is -0.363. The van der Waals surface area contributed by atoms with Crippen LogP contribution in [-0.4, -0.2) is 21.6 Å². The molecule has 0 amide bonds. The van der Waals surface area contributed by atoms with Gasteiger partial charge < -0.3 is 17.6 Å². The molecule has 8 heteroatoms. The molecule has 0 saturated carbocycles. The van der Waals surface area contributed by atoms with Gasteiger partial charge in [-0.05, 0) is 55.8 Å². The first-order valence-electron chi connectivity index (χ1n) is 8.47. The highest BCUT2D eigenvalue weighted by Crippen LogP contribution is 2.44. The molecule has 140 valence electrons. The van der Waals surface area contributed by atoms with E-state index in [1.165, 1.54) is 0 Å². The first kappa shape index (κ1) is 17.8. The standard InChI is InChI=1S/C19H16BF5N2/c1-9-5-11(3)26-18(9)16(13-7-14(21)17(23)15(22)8-13)19-10(2)6-12(4)27(19)20(26,24)25/h5-8H,1-4H3. The van der Waals surface area contributed by atoms with Crippen LogP contribution in [0.3, 0.4) is 0 Å². The average Bonchev–Trinajstić information content (AvgIpc) is 3.02. The van der Waals surface area contributed by atoms with Gasteiger partial charge >= 0.3 is 6.97 Å². The van der Waals surface area contributed by atoms with Crippen molar-refractivity contribution in [3.63, 3.8) is 0 Å². The van der Waals surface area contributed by atoms with Crippen LogP contribution in [0.1, 0.15) is 36.4 Å². The summed E-state index contributed by atoms with van der Waals surface area (Å²) in [7, 11) is 0. The van der Waals surface area contributed by atoms with Gasteiger partial charge in [0.05, 0.1) is 5.57 Å². The summed E-state index contributed by atoms with van der Waals surface area (Å²) in [5.74, 6) is -4.31. The Kier molecular flexibility index (Phi) is 3.58. The fourth-order valence-corrected chi connectivity index (χ4v) is 4.27. The molecule has 0 N–H and O–H groups in total. The minimum atomic E-state index is -4.18. The van der Waals surface area contributed by atoms with Gasteiger partial charge in [-0.25, -0.2) is 13.2 Å². The van der Waals surface area contributed by atoms with Gasteiger partial charge in [0, 0.05) is 24.3 Å². The van der Waals surface area contributed by atoms with Crippen molar-refractivity contribution >= 4 is 18.3 Å². The molecular weight excluding hydrogens is 362 g/mol. The molecule has 4 rings (SSSR count). The quantitative estimate of drug-likeness (QED) is 0.377. The summed E-state index contributed by atoms with van der Waals surface area (Å²) < 4.78 is 74.0. The summed E-state index contributed by atoms with van der Waals surface area (Å²) in [5, 5.41) is 0. The van der Waals surface area contributed by atoms with Gasteiger partial charge in [-0.3, -0.25) is 0 Å². The molecule has 2 aliphatic heterocycles. The number of nitrogens with zero attached hydrogens (tertiary/aromatic N) is 2. The fraction of sp³-hybridized carbons (Fsp3) is 0.211. The van der Waals surface area contributed by atoms with E-state index in [0.29, 0.717) is 22.5 Å². The van der Waals surface area contributed by atoms with Crippen LogP contribution in [0.5, 0.6) is 0 Å². The lowest BCUT2D eigenvalue weighted by Gasteiger charge is -2.34. The van der Waals surface area contributed by atoms with E-state index in [4.69, 9.17) is 0 Å². The molecule has 0 fully saturated rings. The van der Waals surface area contributed by atoms with Crippen LogP contribution in [0.4, 0.5) is 21.8 Å². The second-order valence-corrected chi connectivity index (χ2v) is 7.09. The van der Waals surface area contributed by atoms with E-state index in [9.17, 15) is 13.2 Å². The largest absolute Gasteiger partial charge is 0.737 e. The summed E-state index contributed by atoms with van der Waals surface area (Å²) in [5.41, 5.74) is 2.44. The zero-order valence-electron chi connectivity index (χ0n) is 15.2. The van der Waals surface area contributed by atoms with E-state index in [2.05, 4.69) is 0 Å². The summed E-state index contributed by atoms with van der Waals surface area (Å²) >= 11 is 0. The number of rotatable bonds is 1. The number of aromatic nitrogens is 1. The Bertz CT molecular complexity index is 1100. The van der Waals surface area contributed by atoms with Crippen molar-refractivity contribution in [3.05, 3.63) is 75.5 Å².